The zero-order valence-electron chi connectivity index (χ0n) is 12.6. The quantitative estimate of drug-likeness (QED) is 0.811. The lowest BCUT2D eigenvalue weighted by Gasteiger charge is -2.30. The highest BCUT2D eigenvalue weighted by Crippen LogP contribution is 2.20. The Hall–Kier alpha value is -2.22. The van der Waals surface area contributed by atoms with E-state index in [2.05, 4.69) is 21.5 Å². The van der Waals surface area contributed by atoms with E-state index in [-0.39, 0.29) is 6.04 Å². The van der Waals surface area contributed by atoms with Crippen molar-refractivity contribution in [3.63, 3.8) is 0 Å². The third-order valence-electron chi connectivity index (χ3n) is 3.89. The minimum Gasteiger partial charge on any atom is -0.367 e. The van der Waals surface area contributed by atoms with Gasteiger partial charge in [-0.15, -0.1) is 0 Å². The van der Waals surface area contributed by atoms with Crippen LogP contribution in [0, 0.1) is 18.3 Å². The van der Waals surface area contributed by atoms with Crippen molar-refractivity contribution in [3.8, 4) is 6.07 Å². The highest BCUT2D eigenvalue weighted by atomic mass is 32.2. The van der Waals surface area contributed by atoms with Crippen LogP contribution in [0.3, 0.4) is 0 Å². The van der Waals surface area contributed by atoms with Crippen molar-refractivity contribution in [2.45, 2.75) is 25.8 Å². The van der Waals surface area contributed by atoms with Crippen LogP contribution in [0.2, 0.25) is 0 Å². The van der Waals surface area contributed by atoms with Crippen LogP contribution in [0.1, 0.15) is 24.1 Å². The smallest absolute Gasteiger partial charge is 0.276 e. The van der Waals surface area contributed by atoms with Crippen molar-refractivity contribution >= 4 is 21.7 Å². The number of hydrogen-bond donors (Lipinski definition) is 2. The molecule has 2 aromatic rings. The van der Waals surface area contributed by atoms with Gasteiger partial charge < -0.3 is 5.32 Å². The van der Waals surface area contributed by atoms with Crippen molar-refractivity contribution in [2.24, 2.45) is 5.14 Å². The molecule has 10 heteroatoms. The molecule has 1 aliphatic heterocycles. The first kappa shape index (κ1) is 15.7. The number of nitrogens with two attached hydrogens (primary N) is 1. The van der Waals surface area contributed by atoms with Gasteiger partial charge in [-0.2, -0.15) is 27.6 Å². The average Bonchev–Trinajstić information content (AvgIpc) is 2.89. The first-order valence-electron chi connectivity index (χ1n) is 7.18. The van der Waals surface area contributed by atoms with Gasteiger partial charge in [0, 0.05) is 30.9 Å². The summed E-state index contributed by atoms with van der Waals surface area (Å²) in [7, 11) is -3.62. The largest absolute Gasteiger partial charge is 0.367 e. The predicted molar refractivity (Wildman–Crippen MR) is 83.8 cm³/mol. The zero-order valence-corrected chi connectivity index (χ0v) is 13.4. The van der Waals surface area contributed by atoms with Crippen molar-refractivity contribution in [3.05, 3.63) is 23.5 Å². The molecule has 1 saturated heterocycles. The number of aromatic nitrogens is 3. The lowest BCUT2D eigenvalue weighted by molar-refractivity contribution is 0.329. The minimum absolute atomic E-state index is 0.104. The first-order valence-corrected chi connectivity index (χ1v) is 8.68. The predicted octanol–water partition coefficient (Wildman–Crippen LogP) is -0.0108. The topological polar surface area (TPSA) is 129 Å². The highest BCUT2D eigenvalue weighted by molar-refractivity contribution is 7.86. The molecule has 0 aromatic carbocycles. The summed E-state index contributed by atoms with van der Waals surface area (Å²) in [5, 5.41) is 21.8. The Kier molecular flexibility index (Phi) is 3.93. The van der Waals surface area contributed by atoms with E-state index in [1.165, 1.54) is 10.5 Å². The lowest BCUT2D eigenvalue weighted by atomic mass is 10.1. The summed E-state index contributed by atoms with van der Waals surface area (Å²) < 4.78 is 25.5. The standard InChI is InChI=1S/C13H17N7O2S/c1-9-6-12(20-13(17-9)10(7-14)8-16-20)18-11-2-4-19(5-3-11)23(15,21)22/h6,8,11,18H,2-5H2,1H3,(H2,15,21,22). The van der Waals surface area contributed by atoms with Gasteiger partial charge in [0.25, 0.3) is 10.2 Å². The molecule has 0 saturated carbocycles. The summed E-state index contributed by atoms with van der Waals surface area (Å²) in [6, 6.07) is 4.03. The van der Waals surface area contributed by atoms with E-state index in [0.29, 0.717) is 37.1 Å². The highest BCUT2D eigenvalue weighted by Gasteiger charge is 2.25. The second-order valence-electron chi connectivity index (χ2n) is 5.55. The van der Waals surface area contributed by atoms with E-state index < -0.39 is 10.2 Å². The molecule has 0 bridgehead atoms. The molecule has 0 amide bonds. The Morgan fingerprint density at radius 2 is 2.13 bits per heavy atom. The van der Waals surface area contributed by atoms with Crippen LogP contribution in [-0.4, -0.2) is 46.5 Å². The maximum absolute atomic E-state index is 11.3. The van der Waals surface area contributed by atoms with Gasteiger partial charge in [0.05, 0.1) is 6.20 Å². The van der Waals surface area contributed by atoms with Gasteiger partial charge in [-0.3, -0.25) is 0 Å². The van der Waals surface area contributed by atoms with E-state index in [4.69, 9.17) is 10.4 Å². The van der Waals surface area contributed by atoms with Crippen LogP contribution in [-0.2, 0) is 10.2 Å². The number of nitriles is 1. The Balaban J connectivity index is 1.81. The van der Waals surface area contributed by atoms with Crippen LogP contribution in [0.15, 0.2) is 12.3 Å². The fraction of sp³-hybridized carbons (Fsp3) is 0.462. The Morgan fingerprint density at radius 3 is 2.74 bits per heavy atom. The van der Waals surface area contributed by atoms with Gasteiger partial charge >= 0.3 is 0 Å². The third-order valence-corrected chi connectivity index (χ3v) is 4.97. The number of piperidine rings is 1. The van der Waals surface area contributed by atoms with Crippen LogP contribution in [0.4, 0.5) is 5.82 Å². The normalized spacial score (nSPS) is 17.3. The van der Waals surface area contributed by atoms with Crippen LogP contribution < -0.4 is 10.5 Å². The Morgan fingerprint density at radius 1 is 1.43 bits per heavy atom. The number of anilines is 1. The number of hydrogen-bond acceptors (Lipinski definition) is 6. The molecule has 3 heterocycles. The van der Waals surface area contributed by atoms with E-state index in [1.54, 1.807) is 4.52 Å². The molecular weight excluding hydrogens is 318 g/mol. The molecular formula is C13H17N7O2S. The summed E-state index contributed by atoms with van der Waals surface area (Å²) in [6.45, 7) is 2.61. The number of rotatable bonds is 3. The molecule has 3 N–H and O–H groups in total. The maximum atomic E-state index is 11.3. The average molecular weight is 335 g/mol. The summed E-state index contributed by atoms with van der Waals surface area (Å²) >= 11 is 0. The molecule has 0 spiro atoms. The van der Waals surface area contributed by atoms with Crippen LogP contribution >= 0.6 is 0 Å². The molecule has 0 atom stereocenters. The molecule has 1 fully saturated rings. The molecule has 3 rings (SSSR count). The molecule has 0 radical (unpaired) electrons. The fourth-order valence-electron chi connectivity index (χ4n) is 2.73. The molecule has 23 heavy (non-hydrogen) atoms. The van der Waals surface area contributed by atoms with Gasteiger partial charge in [-0.25, -0.2) is 10.1 Å². The molecule has 0 unspecified atom stereocenters. The molecule has 1 aliphatic rings. The van der Waals surface area contributed by atoms with Gasteiger partial charge in [0.1, 0.15) is 17.5 Å². The number of nitrogens with one attached hydrogen (secondary N) is 1. The van der Waals surface area contributed by atoms with Crippen LogP contribution in [0.25, 0.3) is 5.65 Å². The van der Waals surface area contributed by atoms with Crippen molar-refractivity contribution in [2.75, 3.05) is 18.4 Å². The Bertz CT molecular complexity index is 876. The van der Waals surface area contributed by atoms with Gasteiger partial charge in [-0.05, 0) is 19.8 Å². The van der Waals surface area contributed by atoms with E-state index in [0.717, 1.165) is 11.5 Å². The summed E-state index contributed by atoms with van der Waals surface area (Å²) in [6.07, 6.45) is 2.77. The van der Waals surface area contributed by atoms with E-state index in [9.17, 15) is 8.42 Å². The monoisotopic (exact) mass is 335 g/mol. The molecule has 2 aromatic heterocycles. The zero-order chi connectivity index (χ0) is 16.6. The van der Waals surface area contributed by atoms with E-state index in [1.807, 2.05) is 13.0 Å². The second kappa shape index (κ2) is 5.77. The van der Waals surface area contributed by atoms with E-state index >= 15 is 0 Å². The third kappa shape index (κ3) is 3.12. The SMILES string of the molecule is Cc1cc(NC2CCN(S(N)(=O)=O)CC2)n2ncc(C#N)c2n1. The van der Waals surface area contributed by atoms with Crippen molar-refractivity contribution < 1.29 is 8.42 Å². The first-order chi connectivity index (χ1) is 10.9. The number of fused-ring (bicyclic) bond motifs is 1. The second-order valence-corrected chi connectivity index (χ2v) is 7.10. The number of nitrogens with zero attached hydrogens (tertiary/aromatic N) is 5. The Labute approximate surface area is 133 Å². The van der Waals surface area contributed by atoms with Crippen LogP contribution in [0.5, 0.6) is 0 Å². The summed E-state index contributed by atoms with van der Waals surface area (Å²) in [5.74, 6) is 0.739. The number of aryl methyl sites for hydroxylation is 1. The summed E-state index contributed by atoms with van der Waals surface area (Å²) in [4.78, 5) is 4.34. The maximum Gasteiger partial charge on any atom is 0.276 e. The van der Waals surface area contributed by atoms with Crippen molar-refractivity contribution in [1.82, 2.24) is 18.9 Å². The van der Waals surface area contributed by atoms with Gasteiger partial charge in [-0.1, -0.05) is 0 Å². The molecule has 122 valence electrons. The van der Waals surface area contributed by atoms with Gasteiger partial charge in [0.2, 0.25) is 0 Å². The summed E-state index contributed by atoms with van der Waals surface area (Å²) in [5.41, 5.74) is 1.71. The fourth-order valence-corrected chi connectivity index (χ4v) is 3.45. The van der Waals surface area contributed by atoms with Crippen molar-refractivity contribution in [1.29, 1.82) is 5.26 Å². The minimum atomic E-state index is -3.62. The molecule has 9 nitrogen and oxygen atoms in total. The van der Waals surface area contributed by atoms with Gasteiger partial charge in [0.15, 0.2) is 5.65 Å². The molecule has 0 aliphatic carbocycles. The lowest BCUT2D eigenvalue weighted by Crippen LogP contribution is -2.45.